The van der Waals surface area contributed by atoms with Gasteiger partial charge in [0.1, 0.15) is 34.9 Å². The van der Waals surface area contributed by atoms with Crippen LogP contribution in [0.4, 0.5) is 52.7 Å². The van der Waals surface area contributed by atoms with Gasteiger partial charge in [0.25, 0.3) is 17.6 Å². The number of benzene rings is 4. The van der Waals surface area contributed by atoms with E-state index < -0.39 is 142 Å². The Balaban J connectivity index is 0.000000254. The molecule has 4 heterocycles. The largest absolute Gasteiger partial charge is 0.492 e. The summed E-state index contributed by atoms with van der Waals surface area (Å²) >= 11 is 0. The molecular formula is C62H50F12N10O9P+. The van der Waals surface area contributed by atoms with Crippen molar-refractivity contribution in [1.82, 2.24) is 29.5 Å². The number of hydrogen-bond acceptors (Lipinski definition) is 14. The van der Waals surface area contributed by atoms with Crippen LogP contribution < -0.4 is 11.5 Å². The zero-order chi connectivity index (χ0) is 69.6. The molecule has 8 aromatic rings. The minimum absolute atomic E-state index is 0.0265. The van der Waals surface area contributed by atoms with Gasteiger partial charge in [0.2, 0.25) is 0 Å². The average molecular weight is 1340 g/mol. The van der Waals surface area contributed by atoms with E-state index in [0.29, 0.717) is 39.1 Å². The number of hydrogen-bond donors (Lipinski definition) is 3. The summed E-state index contributed by atoms with van der Waals surface area (Å²) in [5.74, 6) is -8.85. The second-order valence-electron chi connectivity index (χ2n) is 20.2. The smallest absolute Gasteiger partial charge is 0.366 e. The summed E-state index contributed by atoms with van der Waals surface area (Å²) in [6.07, 6.45) is -1.04. The van der Waals surface area contributed by atoms with Gasteiger partial charge in [0.15, 0.2) is 29.2 Å². The fourth-order valence-corrected chi connectivity index (χ4v) is 10.6. The molecule has 4 aromatic heterocycles. The molecule has 94 heavy (non-hydrogen) atoms. The Morgan fingerprint density at radius 2 is 1.05 bits per heavy atom. The normalized spacial score (nSPS) is 12.0. The van der Waals surface area contributed by atoms with Crippen LogP contribution >= 0.6 is 7.60 Å². The van der Waals surface area contributed by atoms with Crippen LogP contribution in [0.3, 0.4) is 0 Å². The van der Waals surface area contributed by atoms with Crippen LogP contribution in [0.5, 0.6) is 0 Å². The molecule has 0 aliphatic heterocycles. The van der Waals surface area contributed by atoms with Crippen molar-refractivity contribution in [3.8, 4) is 34.6 Å². The van der Waals surface area contributed by atoms with Crippen LogP contribution in [0.15, 0.2) is 122 Å². The number of Topliss-reactive ketones (excluding diaryl/α,β-unsaturated/α-hetero) is 3. The number of aldehydes is 1. The number of pyridine rings is 2. The lowest BCUT2D eigenvalue weighted by Crippen LogP contribution is -2.18. The molecule has 0 spiro atoms. The Kier molecular flexibility index (Phi) is 24.1. The molecule has 0 fully saturated rings. The van der Waals surface area contributed by atoms with Gasteiger partial charge in [-0.15, -0.1) is 6.42 Å². The maximum Gasteiger partial charge on any atom is 0.492 e. The lowest BCUT2D eigenvalue weighted by atomic mass is 9.86. The van der Waals surface area contributed by atoms with E-state index in [9.17, 15) is 86.0 Å². The molecule has 2 amide bonds. The van der Waals surface area contributed by atoms with Crippen molar-refractivity contribution in [2.24, 2.45) is 11.5 Å². The van der Waals surface area contributed by atoms with Crippen molar-refractivity contribution in [2.75, 3.05) is 14.2 Å². The lowest BCUT2D eigenvalue weighted by Gasteiger charge is -2.20. The maximum absolute atomic E-state index is 14.1. The Morgan fingerprint density at radius 1 is 0.649 bits per heavy atom. The van der Waals surface area contributed by atoms with Crippen molar-refractivity contribution in [3.05, 3.63) is 213 Å². The third-order valence-corrected chi connectivity index (χ3v) is 15.4. The quantitative estimate of drug-likeness (QED) is 0.0102. The molecule has 4 aromatic carbocycles. The Morgan fingerprint density at radius 3 is 1.37 bits per heavy atom. The molecule has 0 aliphatic carbocycles. The number of rotatable bonds is 23. The Bertz CT molecular complexity index is 4300. The third-order valence-electron chi connectivity index (χ3n) is 13.5. The first-order valence-electron chi connectivity index (χ1n) is 26.9. The SMILES string of the molecule is C#Cc1cn(CC(=O)C[C@@H](Cc2cc(F)cc(F)c2)c2ncccc2-c2ccc(F)c(C(N)=O)c2)nc1C(F)(F)F.COP(=O)(OC)C(=[N+]=N)C(C)=O.NC(=O)c1cc(-c2cccnc2[C@@H](CC(=O)Cn2cc(C=O)c(C(F)(F)F)n2)Cc2cc(F)cc(F)c2)ccc1F. The second kappa shape index (κ2) is 31.2. The summed E-state index contributed by atoms with van der Waals surface area (Å²) in [6.45, 7) is -0.0865. The van der Waals surface area contributed by atoms with Gasteiger partial charge < -0.3 is 20.5 Å². The van der Waals surface area contributed by atoms with Gasteiger partial charge >= 0.3 is 25.4 Å². The number of amides is 2. The number of aromatic nitrogens is 6. The summed E-state index contributed by atoms with van der Waals surface area (Å²) in [7, 11) is -1.39. The molecule has 8 rings (SSSR count). The van der Waals surface area contributed by atoms with Gasteiger partial charge in [-0.05, 0) is 95.8 Å². The molecule has 0 radical (unpaired) electrons. The summed E-state index contributed by atoms with van der Waals surface area (Å²) in [4.78, 5) is 83.0. The van der Waals surface area contributed by atoms with Crippen molar-refractivity contribution in [2.45, 2.75) is 69.9 Å². The molecule has 2 atom stereocenters. The number of nitrogens with one attached hydrogen (secondary N) is 1. The van der Waals surface area contributed by atoms with Gasteiger partial charge in [-0.1, -0.05) is 30.2 Å². The topological polar surface area (TPSA) is 289 Å². The molecule has 0 saturated carbocycles. The van der Waals surface area contributed by atoms with Gasteiger partial charge in [-0.3, -0.25) is 48.1 Å². The number of primary amides is 2. The first-order chi connectivity index (χ1) is 44.2. The number of halogens is 12. The monoisotopic (exact) mass is 1340 g/mol. The first-order valence-corrected chi connectivity index (χ1v) is 28.5. The maximum atomic E-state index is 14.1. The van der Waals surface area contributed by atoms with Crippen LogP contribution in [-0.4, -0.2) is 89.4 Å². The highest BCUT2D eigenvalue weighted by Gasteiger charge is 2.44. The van der Waals surface area contributed by atoms with Crippen molar-refractivity contribution in [3.63, 3.8) is 0 Å². The summed E-state index contributed by atoms with van der Waals surface area (Å²) in [5.41, 5.74) is 14.0. The number of alkyl halides is 6. The van der Waals surface area contributed by atoms with Gasteiger partial charge in [0, 0.05) is 93.9 Å². The minimum Gasteiger partial charge on any atom is -0.366 e. The third kappa shape index (κ3) is 18.8. The average Bonchev–Trinajstić information content (AvgIpc) is 0.891. The number of terminal acetylenes is 1. The van der Waals surface area contributed by atoms with E-state index in [1.807, 2.05) is 5.92 Å². The lowest BCUT2D eigenvalue weighted by molar-refractivity contribution is -0.142. The summed E-state index contributed by atoms with van der Waals surface area (Å²) in [6, 6.07) is 19.1. The van der Waals surface area contributed by atoms with Crippen LogP contribution in [0.2, 0.25) is 0 Å². The summed E-state index contributed by atoms with van der Waals surface area (Å²) < 4.78 is 185. The van der Waals surface area contributed by atoms with E-state index in [0.717, 1.165) is 74.6 Å². The van der Waals surface area contributed by atoms with E-state index in [1.165, 1.54) is 42.7 Å². The molecule has 5 N–H and O–H groups in total. The van der Waals surface area contributed by atoms with Gasteiger partial charge in [-0.2, -0.15) is 36.5 Å². The molecule has 0 unspecified atom stereocenters. The first kappa shape index (κ1) is 72.5. The highest BCUT2D eigenvalue weighted by atomic mass is 31.2. The van der Waals surface area contributed by atoms with Gasteiger partial charge in [-0.25, -0.2) is 30.9 Å². The molecule has 32 heteroatoms. The summed E-state index contributed by atoms with van der Waals surface area (Å²) in [5, 5.41) is 6.74. The molecule has 0 saturated heterocycles. The predicted octanol–water partition coefficient (Wildman–Crippen LogP) is 11.4. The fourth-order valence-electron chi connectivity index (χ4n) is 9.56. The number of carbonyl (C=O) groups is 6. The number of ketones is 3. The van der Waals surface area contributed by atoms with E-state index in [1.54, 1.807) is 18.2 Å². The Hall–Kier alpha value is -10.5. The second-order valence-corrected chi connectivity index (χ2v) is 22.3. The van der Waals surface area contributed by atoms with Crippen LogP contribution in [-0.2, 0) is 66.3 Å². The number of nitrogens with zero attached hydrogens (tertiary/aromatic N) is 7. The minimum atomic E-state index is -4.92. The molecular weight excluding hydrogens is 1290 g/mol. The predicted molar refractivity (Wildman–Crippen MR) is 309 cm³/mol. The van der Waals surface area contributed by atoms with Crippen LogP contribution in [0.25, 0.3) is 22.3 Å². The zero-order valence-electron chi connectivity index (χ0n) is 49.0. The van der Waals surface area contributed by atoms with Crippen LogP contribution in [0.1, 0.15) is 102 Å². The van der Waals surface area contributed by atoms with E-state index in [-0.39, 0.29) is 60.0 Å². The molecule has 490 valence electrons. The van der Waals surface area contributed by atoms with Crippen molar-refractivity contribution >= 4 is 48.5 Å². The number of carbonyl (C=O) groups excluding carboxylic acids is 6. The molecule has 0 bridgehead atoms. The van der Waals surface area contributed by atoms with E-state index in [4.69, 9.17) is 23.4 Å². The van der Waals surface area contributed by atoms with E-state index >= 15 is 0 Å². The molecule has 0 aliphatic rings. The standard InChI is InChI=1S/C29H20F6N4O2.C28H20F6N4O3.C5H10N2O4P/c1-2-17-14-39(38-27(17)29(33,34)35)15-22(40)11-19(8-16-9-20(30)13-21(31)10-16)26-23(4-3-7-37-26)18-5-6-25(32)24(12-18)28(36)41;29-19-7-15(8-20(30)11-19)6-17(9-21(40)13-38-12-18(14-39)26(37-38)28(32,33)34)25-22(2-1-5-36-25)16-3-4-24(31)23(10-16)27(35)41;1-4(8)5(7-6)12(9,10-2)11-3/h1,3-7,9-10,12-14,19H,8,11,15H2,(H2,36,41);1-5,7-8,10-12,14,17H,6,9,13H2,(H2,35,41);6H,1-3H3/q;;+1/t19-;17-;/m11./s1. The highest BCUT2D eigenvalue weighted by Crippen LogP contribution is 2.47. The van der Waals surface area contributed by atoms with E-state index in [2.05, 4.69) is 34.0 Å². The molecule has 19 nitrogen and oxygen atoms in total. The van der Waals surface area contributed by atoms with Crippen LogP contribution in [0, 0.1) is 52.8 Å². The fraction of sp³-hybridized carbons (Fsp3) is 0.210. The van der Waals surface area contributed by atoms with Crippen molar-refractivity contribution < 1.29 is 99.9 Å². The zero-order valence-corrected chi connectivity index (χ0v) is 49.9. The van der Waals surface area contributed by atoms with Crippen molar-refractivity contribution in [1.29, 1.82) is 5.53 Å². The number of nitrogens with two attached hydrogens (primary N) is 2. The van der Waals surface area contributed by atoms with Gasteiger partial charge in [0.05, 0.1) is 57.1 Å². The highest BCUT2D eigenvalue weighted by molar-refractivity contribution is 7.74. The Labute approximate surface area is 524 Å².